The molecule has 1 aliphatic heterocycles. The van der Waals surface area contributed by atoms with Gasteiger partial charge in [-0.05, 0) is 61.3 Å². The van der Waals surface area contributed by atoms with E-state index in [4.69, 9.17) is 26.8 Å². The van der Waals surface area contributed by atoms with E-state index in [-0.39, 0.29) is 24.4 Å². The van der Waals surface area contributed by atoms with Gasteiger partial charge in [-0.1, -0.05) is 54.9 Å². The topological polar surface area (TPSA) is 105 Å². The Morgan fingerprint density at radius 1 is 1.24 bits per heavy atom. The predicted octanol–water partition coefficient (Wildman–Crippen LogP) is 3.90. The Labute approximate surface area is 230 Å². The average molecular weight is 545 g/mol. The molecular weight excluding hydrogens is 504 g/mol. The van der Waals surface area contributed by atoms with Gasteiger partial charge in [-0.15, -0.1) is 0 Å². The molecule has 2 aromatic carbocycles. The number of unbranched alkanes of at least 4 members (excludes halogenated alkanes) is 1. The van der Waals surface area contributed by atoms with E-state index in [1.807, 2.05) is 30.3 Å². The van der Waals surface area contributed by atoms with Crippen molar-refractivity contribution >= 4 is 17.5 Å². The molecule has 0 radical (unpaired) electrons. The number of morpholine rings is 1. The molecule has 1 heterocycles. The number of halogens is 1. The van der Waals surface area contributed by atoms with Crippen molar-refractivity contribution in [3.63, 3.8) is 0 Å². The maximum absolute atomic E-state index is 13.4. The second kappa shape index (κ2) is 12.9. The molecule has 2 aliphatic rings. The lowest BCUT2D eigenvalue weighted by Gasteiger charge is -2.44. The van der Waals surface area contributed by atoms with Gasteiger partial charge < -0.3 is 30.3 Å². The van der Waals surface area contributed by atoms with Crippen LogP contribution in [-0.2, 0) is 26.3 Å². The predicted molar refractivity (Wildman–Crippen MR) is 149 cm³/mol. The number of amides is 1. The van der Waals surface area contributed by atoms with Gasteiger partial charge in [-0.3, -0.25) is 4.79 Å². The number of aryl methyl sites for hydroxylation is 1. The van der Waals surface area contributed by atoms with Crippen molar-refractivity contribution in [3.8, 4) is 11.1 Å². The standard InChI is InChI=1S/C30H41ClN2O5/c1-3-20-8-6-9-21(16-20)28-23(10-7-11-24(28)31)30(36,12-4-5-14-37-2)27-19-33(13-15-38-27)29(35)22-17-25(32)26(34)18-22/h6-11,16,22,25-27,34,36H,3-5,12-15,17-19,32H2,1-2H3/t22-,25+,26-,27+,30-/m0/s1. The van der Waals surface area contributed by atoms with Gasteiger partial charge in [0.25, 0.3) is 0 Å². The SMILES string of the molecule is CCc1cccc(-c2c(Cl)cccc2[C@@](O)(CCCCOC)[C@H]2CN(C(=O)[C@H]3C[C@@H](N)[C@@H](O)C3)CCO2)c1. The highest BCUT2D eigenvalue weighted by Crippen LogP contribution is 2.43. The van der Waals surface area contributed by atoms with E-state index < -0.39 is 17.8 Å². The van der Waals surface area contributed by atoms with Crippen LogP contribution in [0.4, 0.5) is 0 Å². The summed E-state index contributed by atoms with van der Waals surface area (Å²) in [4.78, 5) is 15.2. The number of hydrogen-bond donors (Lipinski definition) is 3. The Hall–Kier alpha value is -2.00. The fourth-order valence-corrected chi connectivity index (χ4v) is 6.17. The molecule has 1 saturated heterocycles. The quantitative estimate of drug-likeness (QED) is 0.392. The first kappa shape index (κ1) is 29.0. The van der Waals surface area contributed by atoms with Crippen molar-refractivity contribution in [2.75, 3.05) is 33.4 Å². The van der Waals surface area contributed by atoms with Gasteiger partial charge in [0, 0.05) is 42.8 Å². The number of aliphatic hydroxyl groups is 2. The third-order valence-electron chi connectivity index (χ3n) is 8.10. The zero-order valence-corrected chi connectivity index (χ0v) is 23.2. The third kappa shape index (κ3) is 6.24. The maximum Gasteiger partial charge on any atom is 0.226 e. The number of benzene rings is 2. The molecule has 0 unspecified atom stereocenters. The van der Waals surface area contributed by atoms with Gasteiger partial charge in [-0.25, -0.2) is 0 Å². The lowest BCUT2D eigenvalue weighted by atomic mass is 9.78. The van der Waals surface area contributed by atoms with E-state index in [0.717, 1.165) is 24.0 Å². The molecule has 208 valence electrons. The summed E-state index contributed by atoms with van der Waals surface area (Å²) in [5, 5.41) is 23.2. The fourth-order valence-electron chi connectivity index (χ4n) is 5.88. The van der Waals surface area contributed by atoms with Crippen LogP contribution in [0.15, 0.2) is 42.5 Å². The molecule has 0 spiro atoms. The Bertz CT molecular complexity index is 1090. The maximum atomic E-state index is 13.4. The summed E-state index contributed by atoms with van der Waals surface area (Å²) in [5.41, 5.74) is 8.21. The minimum Gasteiger partial charge on any atom is -0.391 e. The highest BCUT2D eigenvalue weighted by atomic mass is 35.5. The van der Waals surface area contributed by atoms with Gasteiger partial charge in [0.1, 0.15) is 11.7 Å². The van der Waals surface area contributed by atoms with Gasteiger partial charge in [0.05, 0.1) is 19.3 Å². The third-order valence-corrected chi connectivity index (χ3v) is 8.41. The zero-order valence-electron chi connectivity index (χ0n) is 22.4. The second-order valence-corrected chi connectivity index (χ2v) is 11.0. The normalized spacial score (nSPS) is 25.4. The number of aliphatic hydroxyl groups excluding tert-OH is 1. The van der Waals surface area contributed by atoms with E-state index in [1.54, 1.807) is 12.0 Å². The highest BCUT2D eigenvalue weighted by Gasteiger charge is 2.45. The van der Waals surface area contributed by atoms with Crippen molar-refractivity contribution < 1.29 is 24.5 Å². The summed E-state index contributed by atoms with van der Waals surface area (Å²) in [7, 11) is 1.67. The minimum absolute atomic E-state index is 0.0333. The van der Waals surface area contributed by atoms with Crippen molar-refractivity contribution in [2.45, 2.75) is 69.3 Å². The number of ether oxygens (including phenoxy) is 2. The first-order valence-corrected chi connectivity index (χ1v) is 14.1. The molecule has 4 N–H and O–H groups in total. The molecule has 1 aliphatic carbocycles. The van der Waals surface area contributed by atoms with Gasteiger partial charge in [0.15, 0.2) is 0 Å². The number of nitrogens with two attached hydrogens (primary N) is 1. The number of rotatable bonds is 10. The Morgan fingerprint density at radius 3 is 2.74 bits per heavy atom. The van der Waals surface area contributed by atoms with Crippen LogP contribution >= 0.6 is 11.6 Å². The number of carbonyl (C=O) groups is 1. The van der Waals surface area contributed by atoms with Crippen LogP contribution in [0.3, 0.4) is 0 Å². The average Bonchev–Trinajstić information content (AvgIpc) is 3.28. The number of methoxy groups -OCH3 is 1. The van der Waals surface area contributed by atoms with Crippen LogP contribution in [-0.4, -0.2) is 72.7 Å². The number of hydrogen-bond acceptors (Lipinski definition) is 6. The zero-order chi connectivity index (χ0) is 27.3. The van der Waals surface area contributed by atoms with E-state index in [1.165, 1.54) is 5.56 Å². The fraction of sp³-hybridized carbons (Fsp3) is 0.567. The molecule has 0 aromatic heterocycles. The molecule has 0 bridgehead atoms. The van der Waals surface area contributed by atoms with Crippen molar-refractivity contribution in [2.24, 2.45) is 11.7 Å². The van der Waals surface area contributed by atoms with Crippen LogP contribution in [0, 0.1) is 5.92 Å². The second-order valence-electron chi connectivity index (χ2n) is 10.6. The summed E-state index contributed by atoms with van der Waals surface area (Å²) in [6.45, 7) is 3.72. The smallest absolute Gasteiger partial charge is 0.226 e. The van der Waals surface area contributed by atoms with E-state index in [0.29, 0.717) is 56.0 Å². The van der Waals surface area contributed by atoms with Crippen LogP contribution < -0.4 is 5.73 Å². The molecule has 2 aromatic rings. The van der Waals surface area contributed by atoms with Gasteiger partial charge >= 0.3 is 0 Å². The molecular formula is C30H41ClN2O5. The number of nitrogens with zero attached hydrogens (tertiary/aromatic N) is 1. The lowest BCUT2D eigenvalue weighted by Crippen LogP contribution is -2.55. The summed E-state index contributed by atoms with van der Waals surface area (Å²) >= 11 is 6.81. The molecule has 8 heteroatoms. The van der Waals surface area contributed by atoms with Crippen molar-refractivity contribution in [1.82, 2.24) is 4.90 Å². The molecule has 1 amide bonds. The monoisotopic (exact) mass is 544 g/mol. The summed E-state index contributed by atoms with van der Waals surface area (Å²) in [6, 6.07) is 13.5. The molecule has 4 rings (SSSR count). The van der Waals surface area contributed by atoms with Gasteiger partial charge in [0.2, 0.25) is 5.91 Å². The van der Waals surface area contributed by atoms with Crippen molar-refractivity contribution in [1.29, 1.82) is 0 Å². The molecule has 38 heavy (non-hydrogen) atoms. The molecule has 1 saturated carbocycles. The minimum atomic E-state index is -1.39. The van der Waals surface area contributed by atoms with Crippen molar-refractivity contribution in [3.05, 3.63) is 58.6 Å². The Kier molecular flexibility index (Phi) is 9.84. The summed E-state index contributed by atoms with van der Waals surface area (Å²) in [6.07, 6.45) is 2.34. The first-order valence-electron chi connectivity index (χ1n) is 13.7. The van der Waals surface area contributed by atoms with Crippen LogP contribution in [0.5, 0.6) is 0 Å². The molecule has 5 atom stereocenters. The van der Waals surface area contributed by atoms with Crippen LogP contribution in [0.2, 0.25) is 5.02 Å². The number of carbonyl (C=O) groups excluding carboxylic acids is 1. The largest absolute Gasteiger partial charge is 0.391 e. The van der Waals surface area contributed by atoms with Gasteiger partial charge in [-0.2, -0.15) is 0 Å². The Morgan fingerprint density at radius 2 is 2.03 bits per heavy atom. The Balaban J connectivity index is 1.69. The first-order chi connectivity index (χ1) is 18.3. The summed E-state index contributed by atoms with van der Waals surface area (Å²) in [5.74, 6) is -0.346. The van der Waals surface area contributed by atoms with Crippen LogP contribution in [0.1, 0.15) is 50.2 Å². The molecule has 7 nitrogen and oxygen atoms in total. The lowest BCUT2D eigenvalue weighted by molar-refractivity contribution is -0.167. The summed E-state index contributed by atoms with van der Waals surface area (Å²) < 4.78 is 11.5. The molecule has 2 fully saturated rings. The van der Waals surface area contributed by atoms with E-state index >= 15 is 0 Å². The van der Waals surface area contributed by atoms with Crippen LogP contribution in [0.25, 0.3) is 11.1 Å². The van der Waals surface area contributed by atoms with E-state index in [2.05, 4.69) is 19.1 Å². The van der Waals surface area contributed by atoms with E-state index in [9.17, 15) is 15.0 Å². The highest BCUT2D eigenvalue weighted by molar-refractivity contribution is 6.33.